The minimum atomic E-state index is -0.0481. The number of hydrogen-bond donors (Lipinski definition) is 1. The van der Waals surface area contributed by atoms with Crippen molar-refractivity contribution < 1.29 is 9.84 Å². The Kier molecular flexibility index (Phi) is 2.13. The standard InChI is InChI=1S/C10H12N2O2/c1-12-9-4-3-7(14-2)5-8(9)11-10(12)6-13/h3-5,13H,6H2,1-2H3. The minimum absolute atomic E-state index is 0.0481. The lowest BCUT2D eigenvalue weighted by Crippen LogP contribution is -1.96. The molecule has 1 aromatic heterocycles. The van der Waals surface area contributed by atoms with E-state index in [0.717, 1.165) is 16.8 Å². The second kappa shape index (κ2) is 3.31. The molecule has 2 rings (SSSR count). The largest absolute Gasteiger partial charge is 0.497 e. The number of aryl methyl sites for hydroxylation is 1. The molecule has 0 fully saturated rings. The number of ether oxygens (including phenoxy) is 1. The van der Waals surface area contributed by atoms with E-state index in [4.69, 9.17) is 9.84 Å². The number of aromatic nitrogens is 2. The van der Waals surface area contributed by atoms with Crippen LogP contribution in [0.2, 0.25) is 0 Å². The molecule has 0 spiro atoms. The molecule has 0 amide bonds. The fraction of sp³-hybridized carbons (Fsp3) is 0.300. The lowest BCUT2D eigenvalue weighted by molar-refractivity contribution is 0.268. The van der Waals surface area contributed by atoms with Gasteiger partial charge in [-0.05, 0) is 12.1 Å². The molecule has 1 aromatic carbocycles. The van der Waals surface area contributed by atoms with Gasteiger partial charge < -0.3 is 14.4 Å². The molecule has 4 nitrogen and oxygen atoms in total. The molecule has 0 aliphatic carbocycles. The van der Waals surface area contributed by atoms with E-state index < -0.39 is 0 Å². The molecule has 0 saturated heterocycles. The molecule has 0 aliphatic heterocycles. The summed E-state index contributed by atoms with van der Waals surface area (Å²) in [6, 6.07) is 5.67. The highest BCUT2D eigenvalue weighted by atomic mass is 16.5. The average molecular weight is 192 g/mol. The monoisotopic (exact) mass is 192 g/mol. The number of nitrogens with zero attached hydrogens (tertiary/aromatic N) is 2. The van der Waals surface area contributed by atoms with E-state index in [1.54, 1.807) is 7.11 Å². The summed E-state index contributed by atoms with van der Waals surface area (Å²) in [7, 11) is 3.50. The van der Waals surface area contributed by atoms with Gasteiger partial charge in [0.25, 0.3) is 0 Å². The highest BCUT2D eigenvalue weighted by molar-refractivity contribution is 5.77. The molecule has 4 heteroatoms. The zero-order valence-corrected chi connectivity index (χ0v) is 8.19. The third-order valence-electron chi connectivity index (χ3n) is 2.32. The Morgan fingerprint density at radius 2 is 2.29 bits per heavy atom. The van der Waals surface area contributed by atoms with Gasteiger partial charge in [-0.25, -0.2) is 4.98 Å². The molecule has 0 unspecified atom stereocenters. The third kappa shape index (κ3) is 1.24. The number of fused-ring (bicyclic) bond motifs is 1. The van der Waals surface area contributed by atoms with Crippen molar-refractivity contribution >= 4 is 11.0 Å². The van der Waals surface area contributed by atoms with E-state index in [1.165, 1.54) is 0 Å². The van der Waals surface area contributed by atoms with Gasteiger partial charge in [0.05, 0.1) is 18.1 Å². The molecule has 74 valence electrons. The van der Waals surface area contributed by atoms with Crippen LogP contribution in [0.1, 0.15) is 5.82 Å². The molecule has 1 heterocycles. The van der Waals surface area contributed by atoms with Gasteiger partial charge in [-0.1, -0.05) is 0 Å². The normalized spacial score (nSPS) is 10.8. The van der Waals surface area contributed by atoms with Gasteiger partial charge in [-0.3, -0.25) is 0 Å². The van der Waals surface area contributed by atoms with E-state index in [0.29, 0.717) is 5.82 Å². The van der Waals surface area contributed by atoms with Crippen molar-refractivity contribution in [1.29, 1.82) is 0 Å². The average Bonchev–Trinajstić information content (AvgIpc) is 2.55. The Labute approximate surface area is 81.8 Å². The quantitative estimate of drug-likeness (QED) is 0.774. The number of rotatable bonds is 2. The van der Waals surface area contributed by atoms with Crippen molar-refractivity contribution in [3.8, 4) is 5.75 Å². The van der Waals surface area contributed by atoms with E-state index >= 15 is 0 Å². The van der Waals surface area contributed by atoms with Crippen LogP contribution < -0.4 is 4.74 Å². The number of benzene rings is 1. The van der Waals surface area contributed by atoms with Gasteiger partial charge in [-0.2, -0.15) is 0 Å². The smallest absolute Gasteiger partial charge is 0.135 e. The first-order chi connectivity index (χ1) is 6.76. The molecule has 0 aliphatic rings. The van der Waals surface area contributed by atoms with Crippen LogP contribution in [-0.2, 0) is 13.7 Å². The lowest BCUT2D eigenvalue weighted by Gasteiger charge is -1.99. The first-order valence-electron chi connectivity index (χ1n) is 4.36. The van der Waals surface area contributed by atoms with Crippen molar-refractivity contribution in [2.24, 2.45) is 7.05 Å². The second-order valence-corrected chi connectivity index (χ2v) is 3.10. The van der Waals surface area contributed by atoms with Crippen molar-refractivity contribution in [1.82, 2.24) is 9.55 Å². The molecule has 14 heavy (non-hydrogen) atoms. The summed E-state index contributed by atoms with van der Waals surface area (Å²) in [4.78, 5) is 4.27. The number of hydrogen-bond acceptors (Lipinski definition) is 3. The summed E-state index contributed by atoms with van der Waals surface area (Å²) in [5, 5.41) is 9.03. The summed E-state index contributed by atoms with van der Waals surface area (Å²) in [5.74, 6) is 1.44. The van der Waals surface area contributed by atoms with Crippen molar-refractivity contribution in [3.63, 3.8) is 0 Å². The third-order valence-corrected chi connectivity index (χ3v) is 2.32. The predicted octanol–water partition coefficient (Wildman–Crippen LogP) is 1.07. The summed E-state index contributed by atoms with van der Waals surface area (Å²) < 4.78 is 6.96. The fourth-order valence-corrected chi connectivity index (χ4v) is 1.50. The first kappa shape index (κ1) is 9.02. The van der Waals surface area contributed by atoms with Crippen LogP contribution in [0.3, 0.4) is 0 Å². The van der Waals surface area contributed by atoms with Crippen molar-refractivity contribution in [2.75, 3.05) is 7.11 Å². The Morgan fingerprint density at radius 3 is 2.93 bits per heavy atom. The number of methoxy groups -OCH3 is 1. The molecule has 0 saturated carbocycles. The van der Waals surface area contributed by atoms with E-state index in [1.807, 2.05) is 29.8 Å². The minimum Gasteiger partial charge on any atom is -0.497 e. The molecule has 0 atom stereocenters. The van der Waals surface area contributed by atoms with Crippen LogP contribution in [0.4, 0.5) is 0 Å². The van der Waals surface area contributed by atoms with Gasteiger partial charge >= 0.3 is 0 Å². The van der Waals surface area contributed by atoms with Gasteiger partial charge in [0.15, 0.2) is 0 Å². The zero-order valence-electron chi connectivity index (χ0n) is 8.19. The van der Waals surface area contributed by atoms with Gasteiger partial charge in [-0.15, -0.1) is 0 Å². The maximum atomic E-state index is 9.03. The Balaban J connectivity index is 2.66. The maximum absolute atomic E-state index is 9.03. The first-order valence-corrected chi connectivity index (χ1v) is 4.36. The maximum Gasteiger partial charge on any atom is 0.135 e. The Bertz CT molecular complexity index is 462. The summed E-state index contributed by atoms with van der Waals surface area (Å²) in [5.41, 5.74) is 1.84. The number of aliphatic hydroxyl groups is 1. The predicted molar refractivity (Wildman–Crippen MR) is 53.2 cm³/mol. The fourth-order valence-electron chi connectivity index (χ4n) is 1.50. The van der Waals surface area contributed by atoms with E-state index in [-0.39, 0.29) is 6.61 Å². The van der Waals surface area contributed by atoms with Crippen molar-refractivity contribution in [3.05, 3.63) is 24.0 Å². The number of aliphatic hydroxyl groups excluding tert-OH is 1. The van der Waals surface area contributed by atoms with Crippen LogP contribution in [0.25, 0.3) is 11.0 Å². The Morgan fingerprint density at radius 1 is 1.50 bits per heavy atom. The lowest BCUT2D eigenvalue weighted by atomic mass is 10.3. The number of imidazole rings is 1. The highest BCUT2D eigenvalue weighted by Crippen LogP contribution is 2.20. The zero-order chi connectivity index (χ0) is 10.1. The molecule has 2 aromatic rings. The molecular weight excluding hydrogens is 180 g/mol. The van der Waals surface area contributed by atoms with Crippen LogP contribution in [-0.4, -0.2) is 21.8 Å². The molecule has 1 N–H and O–H groups in total. The van der Waals surface area contributed by atoms with Crippen LogP contribution in [0.5, 0.6) is 5.75 Å². The van der Waals surface area contributed by atoms with E-state index in [2.05, 4.69) is 4.98 Å². The highest BCUT2D eigenvalue weighted by Gasteiger charge is 2.06. The second-order valence-electron chi connectivity index (χ2n) is 3.10. The molecular formula is C10H12N2O2. The van der Waals surface area contributed by atoms with Crippen molar-refractivity contribution in [2.45, 2.75) is 6.61 Å². The topological polar surface area (TPSA) is 47.3 Å². The SMILES string of the molecule is COc1ccc2c(c1)nc(CO)n2C. The molecule has 0 bridgehead atoms. The summed E-state index contributed by atoms with van der Waals surface area (Å²) in [6.45, 7) is -0.0481. The van der Waals surface area contributed by atoms with E-state index in [9.17, 15) is 0 Å². The molecule has 0 radical (unpaired) electrons. The van der Waals surface area contributed by atoms with Crippen LogP contribution in [0, 0.1) is 0 Å². The van der Waals surface area contributed by atoms with Crippen LogP contribution >= 0.6 is 0 Å². The van der Waals surface area contributed by atoms with Gasteiger partial charge in [0, 0.05) is 13.1 Å². The van der Waals surface area contributed by atoms with Gasteiger partial charge in [0.1, 0.15) is 18.2 Å². The van der Waals surface area contributed by atoms with Gasteiger partial charge in [0.2, 0.25) is 0 Å². The Hall–Kier alpha value is -1.55. The van der Waals surface area contributed by atoms with Crippen LogP contribution in [0.15, 0.2) is 18.2 Å². The summed E-state index contributed by atoms with van der Waals surface area (Å²) >= 11 is 0. The summed E-state index contributed by atoms with van der Waals surface area (Å²) in [6.07, 6.45) is 0.